The molecule has 2 aromatic carbocycles. The van der Waals surface area contributed by atoms with Crippen molar-refractivity contribution < 1.29 is 9.53 Å². The topological polar surface area (TPSA) is 64.3 Å². The highest BCUT2D eigenvalue weighted by molar-refractivity contribution is 9.10. The Bertz CT molecular complexity index is 667. The predicted octanol–water partition coefficient (Wildman–Crippen LogP) is 3.36. The molecular weight excluding hydrogens is 332 g/mol. The standard InChI is InChI=1S/C16H15BrN2O2/c17-11-5-3-6-12(18)15(11)21-14-9-8-10-4-1-2-7-13(10)19-16(14)20/h1-7,14H,8-9,18H2,(H,19,20). The zero-order chi connectivity index (χ0) is 14.8. The van der Waals surface area contributed by atoms with Crippen LogP contribution in [-0.2, 0) is 11.2 Å². The number of amides is 1. The summed E-state index contributed by atoms with van der Waals surface area (Å²) in [5.74, 6) is 0.374. The molecule has 0 aliphatic carbocycles. The first kappa shape index (κ1) is 13.9. The molecule has 1 aliphatic rings. The number of hydrogen-bond donors (Lipinski definition) is 2. The van der Waals surface area contributed by atoms with Crippen molar-refractivity contribution >= 4 is 33.2 Å². The third-order valence-corrected chi connectivity index (χ3v) is 4.13. The molecular formula is C16H15BrN2O2. The van der Waals surface area contributed by atoms with Gasteiger partial charge < -0.3 is 15.8 Å². The molecule has 2 aromatic rings. The summed E-state index contributed by atoms with van der Waals surface area (Å²) >= 11 is 3.40. The zero-order valence-electron chi connectivity index (χ0n) is 11.3. The van der Waals surface area contributed by atoms with Gasteiger partial charge in [0.2, 0.25) is 0 Å². The molecule has 1 unspecified atom stereocenters. The first-order valence-electron chi connectivity index (χ1n) is 6.74. The van der Waals surface area contributed by atoms with Crippen LogP contribution in [-0.4, -0.2) is 12.0 Å². The summed E-state index contributed by atoms with van der Waals surface area (Å²) in [5.41, 5.74) is 8.41. The summed E-state index contributed by atoms with van der Waals surface area (Å²) in [6.45, 7) is 0. The lowest BCUT2D eigenvalue weighted by Gasteiger charge is -2.18. The maximum Gasteiger partial charge on any atom is 0.265 e. The molecule has 1 amide bonds. The van der Waals surface area contributed by atoms with Crippen molar-refractivity contribution in [3.05, 3.63) is 52.5 Å². The fraction of sp³-hybridized carbons (Fsp3) is 0.188. The van der Waals surface area contributed by atoms with Crippen LogP contribution in [0.2, 0.25) is 0 Å². The van der Waals surface area contributed by atoms with Gasteiger partial charge in [0.05, 0.1) is 10.2 Å². The average molecular weight is 347 g/mol. The van der Waals surface area contributed by atoms with Crippen molar-refractivity contribution in [2.75, 3.05) is 11.1 Å². The van der Waals surface area contributed by atoms with Gasteiger partial charge in [-0.05, 0) is 52.5 Å². The highest BCUT2D eigenvalue weighted by atomic mass is 79.9. The SMILES string of the molecule is Nc1cccc(Br)c1OC1CCc2ccccc2NC1=O. The summed E-state index contributed by atoms with van der Waals surface area (Å²) in [5, 5.41) is 2.91. The molecule has 5 heteroatoms. The first-order valence-corrected chi connectivity index (χ1v) is 7.54. The van der Waals surface area contributed by atoms with Crippen LogP contribution in [0.3, 0.4) is 0 Å². The molecule has 0 fully saturated rings. The fourth-order valence-corrected chi connectivity index (χ4v) is 2.87. The van der Waals surface area contributed by atoms with E-state index in [1.54, 1.807) is 6.07 Å². The van der Waals surface area contributed by atoms with E-state index < -0.39 is 6.10 Å². The second-order valence-electron chi connectivity index (χ2n) is 4.95. The Labute approximate surface area is 131 Å². The molecule has 21 heavy (non-hydrogen) atoms. The first-order chi connectivity index (χ1) is 10.1. The second kappa shape index (κ2) is 5.77. The summed E-state index contributed by atoms with van der Waals surface area (Å²) in [6.07, 6.45) is 0.839. The Hall–Kier alpha value is -2.01. The van der Waals surface area contributed by atoms with Crippen LogP contribution >= 0.6 is 15.9 Å². The zero-order valence-corrected chi connectivity index (χ0v) is 12.9. The fourth-order valence-electron chi connectivity index (χ4n) is 2.40. The maximum atomic E-state index is 12.3. The molecule has 3 rings (SSSR count). The van der Waals surface area contributed by atoms with Crippen molar-refractivity contribution in [2.45, 2.75) is 18.9 Å². The number of hydrogen-bond acceptors (Lipinski definition) is 3. The van der Waals surface area contributed by atoms with Gasteiger partial charge in [-0.1, -0.05) is 24.3 Å². The van der Waals surface area contributed by atoms with E-state index in [1.165, 1.54) is 0 Å². The Kier molecular flexibility index (Phi) is 3.84. The number of benzene rings is 2. The molecule has 1 atom stereocenters. The van der Waals surface area contributed by atoms with E-state index in [-0.39, 0.29) is 5.91 Å². The van der Waals surface area contributed by atoms with E-state index in [0.717, 1.165) is 22.1 Å². The average Bonchev–Trinajstić information content (AvgIpc) is 2.62. The number of fused-ring (bicyclic) bond motifs is 1. The smallest absolute Gasteiger partial charge is 0.265 e. The second-order valence-corrected chi connectivity index (χ2v) is 5.80. The van der Waals surface area contributed by atoms with Gasteiger partial charge >= 0.3 is 0 Å². The molecule has 1 aliphatic heterocycles. The molecule has 0 aromatic heterocycles. The summed E-state index contributed by atoms with van der Waals surface area (Å²) in [6, 6.07) is 13.2. The van der Waals surface area contributed by atoms with Crippen molar-refractivity contribution in [1.29, 1.82) is 0 Å². The largest absolute Gasteiger partial charge is 0.477 e. The van der Waals surface area contributed by atoms with Gasteiger partial charge in [-0.3, -0.25) is 4.79 Å². The molecule has 0 bridgehead atoms. The van der Waals surface area contributed by atoms with Gasteiger partial charge in [0.1, 0.15) is 0 Å². The van der Waals surface area contributed by atoms with Crippen LogP contribution < -0.4 is 15.8 Å². The number of anilines is 2. The van der Waals surface area contributed by atoms with Gasteiger partial charge in [-0.15, -0.1) is 0 Å². The molecule has 108 valence electrons. The number of aryl methyl sites for hydroxylation is 1. The van der Waals surface area contributed by atoms with Crippen molar-refractivity contribution in [2.24, 2.45) is 0 Å². The Morgan fingerprint density at radius 2 is 2.00 bits per heavy atom. The Balaban J connectivity index is 1.83. The molecule has 3 N–H and O–H groups in total. The van der Waals surface area contributed by atoms with Gasteiger partial charge in [0.25, 0.3) is 5.91 Å². The van der Waals surface area contributed by atoms with Crippen molar-refractivity contribution in [3.8, 4) is 5.75 Å². The lowest BCUT2D eigenvalue weighted by Crippen LogP contribution is -2.32. The number of rotatable bonds is 2. The lowest BCUT2D eigenvalue weighted by molar-refractivity contribution is -0.122. The molecule has 0 radical (unpaired) electrons. The van der Waals surface area contributed by atoms with Crippen molar-refractivity contribution in [3.63, 3.8) is 0 Å². The monoisotopic (exact) mass is 346 g/mol. The summed E-state index contributed by atoms with van der Waals surface area (Å²) in [7, 11) is 0. The quantitative estimate of drug-likeness (QED) is 0.819. The minimum absolute atomic E-state index is 0.143. The van der Waals surface area contributed by atoms with Crippen molar-refractivity contribution in [1.82, 2.24) is 0 Å². The number of ether oxygens (including phenoxy) is 1. The van der Waals surface area contributed by atoms with Crippen LogP contribution in [0.15, 0.2) is 46.9 Å². The van der Waals surface area contributed by atoms with Crippen LogP contribution in [0, 0.1) is 0 Å². The maximum absolute atomic E-state index is 12.3. The summed E-state index contributed by atoms with van der Waals surface area (Å²) in [4.78, 5) is 12.3. The number of nitrogen functional groups attached to an aromatic ring is 1. The third kappa shape index (κ3) is 2.88. The van der Waals surface area contributed by atoms with E-state index >= 15 is 0 Å². The van der Waals surface area contributed by atoms with E-state index in [2.05, 4.69) is 21.2 Å². The molecule has 0 saturated heterocycles. The number of nitrogens with two attached hydrogens (primary N) is 1. The lowest BCUT2D eigenvalue weighted by atomic mass is 10.1. The van der Waals surface area contributed by atoms with Crippen LogP contribution in [0.5, 0.6) is 5.75 Å². The van der Waals surface area contributed by atoms with Gasteiger partial charge in [0, 0.05) is 5.69 Å². The van der Waals surface area contributed by atoms with Gasteiger partial charge in [-0.25, -0.2) is 0 Å². The van der Waals surface area contributed by atoms with E-state index in [0.29, 0.717) is 17.9 Å². The van der Waals surface area contributed by atoms with Crippen LogP contribution in [0.4, 0.5) is 11.4 Å². The normalized spacial score (nSPS) is 17.6. The number of carbonyl (C=O) groups excluding carboxylic acids is 1. The summed E-state index contributed by atoms with van der Waals surface area (Å²) < 4.78 is 6.60. The number of halogens is 1. The molecule has 4 nitrogen and oxygen atoms in total. The Morgan fingerprint density at radius 3 is 2.81 bits per heavy atom. The van der Waals surface area contributed by atoms with E-state index in [4.69, 9.17) is 10.5 Å². The Morgan fingerprint density at radius 1 is 1.19 bits per heavy atom. The van der Waals surface area contributed by atoms with E-state index in [9.17, 15) is 4.79 Å². The molecule has 0 spiro atoms. The minimum atomic E-state index is -0.557. The van der Waals surface area contributed by atoms with Gasteiger partial charge in [0.15, 0.2) is 11.9 Å². The van der Waals surface area contributed by atoms with Crippen LogP contribution in [0.25, 0.3) is 0 Å². The van der Waals surface area contributed by atoms with Gasteiger partial charge in [-0.2, -0.15) is 0 Å². The van der Waals surface area contributed by atoms with Crippen LogP contribution in [0.1, 0.15) is 12.0 Å². The number of para-hydroxylation sites is 2. The molecule has 0 saturated carbocycles. The highest BCUT2D eigenvalue weighted by Gasteiger charge is 2.26. The highest BCUT2D eigenvalue weighted by Crippen LogP contribution is 2.33. The third-order valence-electron chi connectivity index (χ3n) is 3.50. The predicted molar refractivity (Wildman–Crippen MR) is 86.4 cm³/mol. The number of carbonyl (C=O) groups is 1. The van der Waals surface area contributed by atoms with E-state index in [1.807, 2.05) is 36.4 Å². The number of nitrogens with one attached hydrogen (secondary N) is 1. The molecule has 1 heterocycles. The minimum Gasteiger partial charge on any atom is -0.477 e.